The summed E-state index contributed by atoms with van der Waals surface area (Å²) in [4.78, 5) is 38.2. The number of hydrogen-bond acceptors (Lipinski definition) is 6. The van der Waals surface area contributed by atoms with Crippen LogP contribution in [0, 0.1) is 0 Å². The number of esters is 3. The highest BCUT2D eigenvalue weighted by molar-refractivity contribution is 5.71. The van der Waals surface area contributed by atoms with Crippen LogP contribution in [0.2, 0.25) is 0 Å². The number of ether oxygens (including phenoxy) is 3. The first-order valence-electron chi connectivity index (χ1n) is 31.6. The van der Waals surface area contributed by atoms with Gasteiger partial charge in [-0.2, -0.15) is 0 Å². The van der Waals surface area contributed by atoms with Gasteiger partial charge in [0, 0.05) is 19.3 Å². The molecule has 0 aliphatic rings. The third-order valence-electron chi connectivity index (χ3n) is 13.7. The molecule has 0 amide bonds. The molecular formula is C68H118O6. The summed E-state index contributed by atoms with van der Waals surface area (Å²) in [5, 5.41) is 0. The molecule has 1 atom stereocenters. The van der Waals surface area contributed by atoms with Gasteiger partial charge in [0.1, 0.15) is 13.2 Å². The second-order valence-electron chi connectivity index (χ2n) is 21.0. The molecule has 6 heteroatoms. The molecule has 0 heterocycles. The van der Waals surface area contributed by atoms with Crippen LogP contribution in [0.1, 0.15) is 310 Å². The summed E-state index contributed by atoms with van der Waals surface area (Å²) >= 11 is 0. The Balaban J connectivity index is 4.19. The number of carbonyl (C=O) groups excluding carboxylic acids is 3. The van der Waals surface area contributed by atoms with Crippen molar-refractivity contribution in [2.75, 3.05) is 13.2 Å². The standard InChI is InChI=1S/C68H118O6/c1-4-7-10-13-16-19-22-24-26-27-28-29-30-31-32-33-34-35-36-37-38-39-40-41-43-44-46-49-52-55-58-61-67(70)73-64-65(63-72-66(69)60-57-54-51-48-21-18-15-12-9-6-3)74-68(71)62-59-56-53-50-47-45-42-25-23-20-17-14-11-8-5-2/h7,10,16,19,24,26,28-29,31-32,34-35,37-38,65H,4-6,8-9,11-15,17-18,20-23,25,27,30,33,36,39-64H2,1-3H3/b10-7-,19-16-,26-24-,29-28-,32-31-,35-34-,38-37-. The molecule has 0 aliphatic heterocycles. The molecule has 426 valence electrons. The van der Waals surface area contributed by atoms with Crippen LogP contribution in [0.5, 0.6) is 0 Å². The van der Waals surface area contributed by atoms with Crippen molar-refractivity contribution in [1.29, 1.82) is 0 Å². The van der Waals surface area contributed by atoms with E-state index in [-0.39, 0.29) is 31.1 Å². The van der Waals surface area contributed by atoms with Crippen molar-refractivity contribution in [1.82, 2.24) is 0 Å². The predicted octanol–water partition coefficient (Wildman–Crippen LogP) is 21.5. The van der Waals surface area contributed by atoms with E-state index in [2.05, 4.69) is 106 Å². The molecule has 0 aromatic heterocycles. The number of rotatable bonds is 57. The number of allylic oxidation sites excluding steroid dienone is 14. The van der Waals surface area contributed by atoms with E-state index in [1.165, 1.54) is 161 Å². The average molecular weight is 1030 g/mol. The molecule has 0 radical (unpaired) electrons. The van der Waals surface area contributed by atoms with E-state index in [0.717, 1.165) is 109 Å². The number of unbranched alkanes of at least 4 members (excludes halogenated alkanes) is 32. The van der Waals surface area contributed by atoms with Gasteiger partial charge in [0.05, 0.1) is 0 Å². The van der Waals surface area contributed by atoms with E-state index in [1.807, 2.05) is 0 Å². The quantitative estimate of drug-likeness (QED) is 0.0261. The zero-order valence-electron chi connectivity index (χ0n) is 48.8. The Hall–Kier alpha value is -3.41. The van der Waals surface area contributed by atoms with Crippen molar-refractivity contribution in [3.8, 4) is 0 Å². The minimum atomic E-state index is -0.774. The molecule has 0 fully saturated rings. The number of carbonyl (C=O) groups is 3. The third-order valence-corrected chi connectivity index (χ3v) is 13.7. The second kappa shape index (κ2) is 62.1. The van der Waals surface area contributed by atoms with Crippen LogP contribution in [0.3, 0.4) is 0 Å². The van der Waals surface area contributed by atoms with Crippen LogP contribution in [-0.2, 0) is 28.6 Å². The van der Waals surface area contributed by atoms with Crippen LogP contribution < -0.4 is 0 Å². The van der Waals surface area contributed by atoms with Crippen LogP contribution >= 0.6 is 0 Å². The van der Waals surface area contributed by atoms with E-state index in [1.54, 1.807) is 0 Å². The predicted molar refractivity (Wildman–Crippen MR) is 321 cm³/mol. The van der Waals surface area contributed by atoms with E-state index < -0.39 is 6.10 Å². The zero-order chi connectivity index (χ0) is 53.6. The van der Waals surface area contributed by atoms with Crippen molar-refractivity contribution in [2.45, 2.75) is 316 Å². The maximum absolute atomic E-state index is 12.9. The molecule has 0 aromatic carbocycles. The Morgan fingerprint density at radius 1 is 0.284 bits per heavy atom. The molecule has 74 heavy (non-hydrogen) atoms. The molecule has 0 bridgehead atoms. The normalized spacial score (nSPS) is 12.6. The van der Waals surface area contributed by atoms with Gasteiger partial charge in [0.2, 0.25) is 0 Å². The lowest BCUT2D eigenvalue weighted by Crippen LogP contribution is -2.30. The van der Waals surface area contributed by atoms with Crippen molar-refractivity contribution in [2.24, 2.45) is 0 Å². The highest BCUT2D eigenvalue weighted by Crippen LogP contribution is 2.17. The number of hydrogen-bond donors (Lipinski definition) is 0. The topological polar surface area (TPSA) is 78.9 Å². The second-order valence-corrected chi connectivity index (χ2v) is 21.0. The molecule has 0 aromatic rings. The maximum atomic E-state index is 12.9. The molecule has 6 nitrogen and oxygen atoms in total. The van der Waals surface area contributed by atoms with Crippen molar-refractivity contribution in [3.05, 3.63) is 85.1 Å². The summed E-state index contributed by atoms with van der Waals surface area (Å²) in [7, 11) is 0. The van der Waals surface area contributed by atoms with Crippen LogP contribution in [0.15, 0.2) is 85.1 Å². The summed E-state index contributed by atoms with van der Waals surface area (Å²) in [6.45, 7) is 6.54. The smallest absolute Gasteiger partial charge is 0.306 e. The molecule has 1 unspecified atom stereocenters. The first-order chi connectivity index (χ1) is 36.5. The molecule has 0 spiro atoms. The summed E-state index contributed by atoms with van der Waals surface area (Å²) in [5.74, 6) is -0.868. The maximum Gasteiger partial charge on any atom is 0.306 e. The third kappa shape index (κ3) is 59.5. The van der Waals surface area contributed by atoms with Crippen molar-refractivity contribution in [3.63, 3.8) is 0 Å². The van der Waals surface area contributed by atoms with Gasteiger partial charge in [-0.15, -0.1) is 0 Å². The minimum Gasteiger partial charge on any atom is -0.462 e. The van der Waals surface area contributed by atoms with Crippen molar-refractivity contribution < 1.29 is 28.6 Å². The zero-order valence-corrected chi connectivity index (χ0v) is 48.8. The van der Waals surface area contributed by atoms with Gasteiger partial charge in [-0.05, 0) is 77.0 Å². The van der Waals surface area contributed by atoms with Gasteiger partial charge < -0.3 is 14.2 Å². The summed E-state index contributed by atoms with van der Waals surface area (Å²) < 4.78 is 16.9. The Kier molecular flexibility index (Phi) is 59.3. The van der Waals surface area contributed by atoms with E-state index in [9.17, 15) is 14.4 Å². The van der Waals surface area contributed by atoms with Gasteiger partial charge in [0.15, 0.2) is 6.10 Å². The monoisotopic (exact) mass is 1030 g/mol. The van der Waals surface area contributed by atoms with Crippen LogP contribution in [-0.4, -0.2) is 37.2 Å². The fraction of sp³-hybridized carbons (Fsp3) is 0.750. The highest BCUT2D eigenvalue weighted by Gasteiger charge is 2.19. The van der Waals surface area contributed by atoms with Crippen molar-refractivity contribution >= 4 is 17.9 Å². The lowest BCUT2D eigenvalue weighted by molar-refractivity contribution is -0.167. The Labute approximate surface area is 458 Å². The van der Waals surface area contributed by atoms with Gasteiger partial charge >= 0.3 is 17.9 Å². The van der Waals surface area contributed by atoms with Gasteiger partial charge in [0.25, 0.3) is 0 Å². The summed E-state index contributed by atoms with van der Waals surface area (Å²) in [5.41, 5.74) is 0. The Morgan fingerprint density at radius 3 is 0.824 bits per heavy atom. The molecule has 0 saturated heterocycles. The molecule has 0 saturated carbocycles. The van der Waals surface area contributed by atoms with E-state index >= 15 is 0 Å². The first-order valence-corrected chi connectivity index (χ1v) is 31.6. The first kappa shape index (κ1) is 70.6. The van der Waals surface area contributed by atoms with E-state index in [0.29, 0.717) is 19.3 Å². The fourth-order valence-corrected chi connectivity index (χ4v) is 8.95. The highest BCUT2D eigenvalue weighted by atomic mass is 16.6. The largest absolute Gasteiger partial charge is 0.462 e. The Morgan fingerprint density at radius 2 is 0.527 bits per heavy atom. The van der Waals surface area contributed by atoms with Gasteiger partial charge in [-0.1, -0.05) is 298 Å². The van der Waals surface area contributed by atoms with E-state index in [4.69, 9.17) is 14.2 Å². The summed E-state index contributed by atoms with van der Waals surface area (Å²) in [6.07, 6.45) is 81.6. The molecule has 0 rings (SSSR count). The van der Waals surface area contributed by atoms with Gasteiger partial charge in [-0.25, -0.2) is 0 Å². The lowest BCUT2D eigenvalue weighted by atomic mass is 10.0. The van der Waals surface area contributed by atoms with Crippen LogP contribution in [0.25, 0.3) is 0 Å². The minimum absolute atomic E-state index is 0.0732. The molecule has 0 aliphatic carbocycles. The summed E-state index contributed by atoms with van der Waals surface area (Å²) in [6, 6.07) is 0. The average Bonchev–Trinajstić information content (AvgIpc) is 3.40. The molecular weight excluding hydrogens is 913 g/mol. The lowest BCUT2D eigenvalue weighted by Gasteiger charge is -2.18. The molecule has 0 N–H and O–H groups in total. The van der Waals surface area contributed by atoms with Crippen LogP contribution in [0.4, 0.5) is 0 Å². The van der Waals surface area contributed by atoms with Gasteiger partial charge in [-0.3, -0.25) is 14.4 Å². The SMILES string of the molecule is CC/C=C\C/C=C\C/C=C\C/C=C\C/C=C\C/C=C\C/C=C\CCCCCCCCCCCC(=O)OCC(COC(=O)CCCCCCCCCCCC)OC(=O)CCCCCCCCCCCCCCCCC. The fourth-order valence-electron chi connectivity index (χ4n) is 8.95. The Bertz CT molecular complexity index is 1420.